The van der Waals surface area contributed by atoms with E-state index in [2.05, 4.69) is 17.3 Å². The largest absolute Gasteiger partial charge is 0.314 e. The third-order valence-corrected chi connectivity index (χ3v) is 4.90. The van der Waals surface area contributed by atoms with E-state index >= 15 is 0 Å². The summed E-state index contributed by atoms with van der Waals surface area (Å²) in [6.45, 7) is 3.65. The van der Waals surface area contributed by atoms with Gasteiger partial charge in [0.1, 0.15) is 5.82 Å². The first-order valence-corrected chi connectivity index (χ1v) is 7.88. The van der Waals surface area contributed by atoms with Gasteiger partial charge in [0.25, 0.3) is 0 Å². The molecular formula is C17H25FN2. The quantitative estimate of drug-likeness (QED) is 0.909. The molecule has 0 aromatic heterocycles. The zero-order chi connectivity index (χ0) is 13.9. The fourth-order valence-corrected chi connectivity index (χ4v) is 3.56. The summed E-state index contributed by atoms with van der Waals surface area (Å²) in [6.07, 6.45) is 5.11. The molecule has 2 nitrogen and oxygen atoms in total. The van der Waals surface area contributed by atoms with E-state index in [-0.39, 0.29) is 5.82 Å². The molecule has 1 unspecified atom stereocenters. The van der Waals surface area contributed by atoms with Gasteiger partial charge in [-0.1, -0.05) is 12.1 Å². The molecule has 1 heterocycles. The molecule has 3 rings (SSSR count). The highest BCUT2D eigenvalue weighted by molar-refractivity contribution is 5.23. The van der Waals surface area contributed by atoms with E-state index in [1.807, 2.05) is 12.1 Å². The molecule has 1 atom stereocenters. The fourth-order valence-electron chi connectivity index (χ4n) is 3.56. The molecule has 1 N–H and O–H groups in total. The van der Waals surface area contributed by atoms with Crippen LogP contribution in [0.25, 0.3) is 0 Å². The van der Waals surface area contributed by atoms with Crippen LogP contribution in [0.4, 0.5) is 4.39 Å². The number of likely N-dealkylation sites (tertiary alicyclic amines) is 1. The molecule has 1 saturated carbocycles. The van der Waals surface area contributed by atoms with Gasteiger partial charge < -0.3 is 10.2 Å². The molecule has 0 amide bonds. The molecule has 1 aromatic carbocycles. The van der Waals surface area contributed by atoms with E-state index in [4.69, 9.17) is 0 Å². The number of nitrogens with one attached hydrogen (secondary N) is 1. The average Bonchev–Trinajstić information content (AvgIpc) is 2.39. The van der Waals surface area contributed by atoms with E-state index in [0.717, 1.165) is 12.5 Å². The van der Waals surface area contributed by atoms with Gasteiger partial charge in [-0.05, 0) is 75.4 Å². The van der Waals surface area contributed by atoms with Crippen molar-refractivity contribution in [2.45, 2.75) is 37.6 Å². The van der Waals surface area contributed by atoms with Crippen LogP contribution in [-0.4, -0.2) is 37.6 Å². The van der Waals surface area contributed by atoms with Gasteiger partial charge in [-0.3, -0.25) is 0 Å². The van der Waals surface area contributed by atoms with E-state index < -0.39 is 0 Å². The summed E-state index contributed by atoms with van der Waals surface area (Å²) in [5.41, 5.74) is 1.29. The number of rotatable bonds is 4. The third kappa shape index (κ3) is 3.39. The minimum absolute atomic E-state index is 0.135. The first-order chi connectivity index (χ1) is 9.70. The minimum atomic E-state index is -0.135. The lowest BCUT2D eigenvalue weighted by atomic mass is 9.75. The van der Waals surface area contributed by atoms with Gasteiger partial charge in [-0.25, -0.2) is 4.39 Å². The predicted molar refractivity (Wildman–Crippen MR) is 80.4 cm³/mol. The number of hydrogen-bond donors (Lipinski definition) is 1. The predicted octanol–water partition coefficient (Wildman–Crippen LogP) is 3.00. The molecule has 110 valence electrons. The van der Waals surface area contributed by atoms with Gasteiger partial charge in [0.2, 0.25) is 0 Å². The molecule has 1 aliphatic carbocycles. The van der Waals surface area contributed by atoms with Crippen molar-refractivity contribution in [3.8, 4) is 0 Å². The van der Waals surface area contributed by atoms with Crippen LogP contribution in [0, 0.1) is 11.7 Å². The van der Waals surface area contributed by atoms with Crippen LogP contribution in [0.5, 0.6) is 0 Å². The number of piperidine rings is 1. The van der Waals surface area contributed by atoms with Crippen molar-refractivity contribution in [2.24, 2.45) is 5.92 Å². The minimum Gasteiger partial charge on any atom is -0.314 e. The molecule has 20 heavy (non-hydrogen) atoms. The summed E-state index contributed by atoms with van der Waals surface area (Å²) < 4.78 is 12.9. The fraction of sp³-hybridized carbons (Fsp3) is 0.647. The Labute approximate surface area is 121 Å². The molecule has 3 heteroatoms. The number of nitrogens with zero attached hydrogens (tertiary/aromatic N) is 1. The van der Waals surface area contributed by atoms with Crippen LogP contribution in [0.1, 0.15) is 37.2 Å². The highest BCUT2D eigenvalue weighted by Crippen LogP contribution is 2.37. The first kappa shape index (κ1) is 14.0. The van der Waals surface area contributed by atoms with E-state index in [1.54, 1.807) is 12.1 Å². The third-order valence-electron chi connectivity index (χ3n) is 4.90. The summed E-state index contributed by atoms with van der Waals surface area (Å²) in [7, 11) is 2.22. The summed E-state index contributed by atoms with van der Waals surface area (Å²) in [5, 5.41) is 3.72. The zero-order valence-corrected chi connectivity index (χ0v) is 12.3. The molecule has 1 saturated heterocycles. The molecule has 2 fully saturated rings. The Morgan fingerprint density at radius 1 is 1.25 bits per heavy atom. The Morgan fingerprint density at radius 3 is 2.70 bits per heavy atom. The van der Waals surface area contributed by atoms with E-state index in [1.165, 1.54) is 44.3 Å². The van der Waals surface area contributed by atoms with Gasteiger partial charge in [0.15, 0.2) is 0 Å². The van der Waals surface area contributed by atoms with Crippen LogP contribution in [0.3, 0.4) is 0 Å². The first-order valence-electron chi connectivity index (χ1n) is 7.88. The highest BCUT2D eigenvalue weighted by atomic mass is 19.1. The number of benzene rings is 1. The smallest absolute Gasteiger partial charge is 0.123 e. The maximum atomic E-state index is 12.9. The Hall–Kier alpha value is -0.930. The van der Waals surface area contributed by atoms with Gasteiger partial charge in [0.05, 0.1) is 0 Å². The van der Waals surface area contributed by atoms with Gasteiger partial charge in [-0.2, -0.15) is 0 Å². The molecule has 2 aliphatic rings. The normalized spacial score (nSPS) is 31.0. The SMILES string of the molecule is CN1CCCC(CNC2CC(c3ccc(F)cc3)C2)C1. The maximum absolute atomic E-state index is 12.9. The molecule has 1 aromatic rings. The van der Waals surface area contributed by atoms with Gasteiger partial charge in [0, 0.05) is 12.6 Å². The second-order valence-corrected chi connectivity index (χ2v) is 6.60. The van der Waals surface area contributed by atoms with Gasteiger partial charge >= 0.3 is 0 Å². The molecule has 1 aliphatic heterocycles. The lowest BCUT2D eigenvalue weighted by Crippen LogP contribution is -2.45. The lowest BCUT2D eigenvalue weighted by Gasteiger charge is -2.38. The molecular weight excluding hydrogens is 251 g/mol. The maximum Gasteiger partial charge on any atom is 0.123 e. The van der Waals surface area contributed by atoms with Gasteiger partial charge in [-0.15, -0.1) is 0 Å². The molecule has 0 spiro atoms. The standard InChI is InChI=1S/C17H25FN2/c1-20-8-2-3-13(12-20)11-19-17-9-15(10-17)14-4-6-16(18)7-5-14/h4-7,13,15,17,19H,2-3,8-12H2,1H3. The summed E-state index contributed by atoms with van der Waals surface area (Å²) in [6, 6.07) is 7.69. The van der Waals surface area contributed by atoms with Crippen molar-refractivity contribution < 1.29 is 4.39 Å². The Morgan fingerprint density at radius 2 is 2.00 bits per heavy atom. The zero-order valence-electron chi connectivity index (χ0n) is 12.3. The van der Waals surface area contributed by atoms with Crippen LogP contribution in [-0.2, 0) is 0 Å². The Balaban J connectivity index is 1.39. The van der Waals surface area contributed by atoms with Crippen molar-refractivity contribution in [3.63, 3.8) is 0 Å². The highest BCUT2D eigenvalue weighted by Gasteiger charge is 2.30. The topological polar surface area (TPSA) is 15.3 Å². The van der Waals surface area contributed by atoms with Crippen molar-refractivity contribution in [1.29, 1.82) is 0 Å². The number of halogens is 1. The van der Waals surface area contributed by atoms with Crippen LogP contribution < -0.4 is 5.32 Å². The van der Waals surface area contributed by atoms with E-state index in [0.29, 0.717) is 12.0 Å². The molecule has 0 radical (unpaired) electrons. The van der Waals surface area contributed by atoms with Crippen LogP contribution in [0.2, 0.25) is 0 Å². The lowest BCUT2D eigenvalue weighted by molar-refractivity contribution is 0.190. The Bertz CT molecular complexity index is 425. The van der Waals surface area contributed by atoms with Crippen LogP contribution in [0.15, 0.2) is 24.3 Å². The second kappa shape index (κ2) is 6.23. The van der Waals surface area contributed by atoms with E-state index in [9.17, 15) is 4.39 Å². The van der Waals surface area contributed by atoms with Crippen molar-refractivity contribution >= 4 is 0 Å². The van der Waals surface area contributed by atoms with Crippen LogP contribution >= 0.6 is 0 Å². The van der Waals surface area contributed by atoms with Crippen molar-refractivity contribution in [3.05, 3.63) is 35.6 Å². The number of hydrogen-bond acceptors (Lipinski definition) is 2. The van der Waals surface area contributed by atoms with Crippen molar-refractivity contribution in [2.75, 3.05) is 26.7 Å². The average molecular weight is 276 g/mol. The Kier molecular flexibility index (Phi) is 4.37. The summed E-state index contributed by atoms with van der Waals surface area (Å²) in [4.78, 5) is 2.44. The summed E-state index contributed by atoms with van der Waals surface area (Å²) >= 11 is 0. The summed E-state index contributed by atoms with van der Waals surface area (Å²) in [5.74, 6) is 1.31. The second-order valence-electron chi connectivity index (χ2n) is 6.60. The molecule has 0 bridgehead atoms. The van der Waals surface area contributed by atoms with Crippen molar-refractivity contribution in [1.82, 2.24) is 10.2 Å². The monoisotopic (exact) mass is 276 g/mol.